The minimum absolute atomic E-state index is 0.250. The van der Waals surface area contributed by atoms with Crippen molar-refractivity contribution in [3.63, 3.8) is 0 Å². The van der Waals surface area contributed by atoms with Gasteiger partial charge < -0.3 is 9.47 Å². The molecule has 7 heteroatoms. The predicted octanol–water partition coefficient (Wildman–Crippen LogP) is 2.61. The van der Waals surface area contributed by atoms with Crippen molar-refractivity contribution in [1.82, 2.24) is 10.9 Å². The van der Waals surface area contributed by atoms with Crippen molar-refractivity contribution >= 4 is 27.7 Å². The molecule has 2 amide bonds. The molecule has 0 aliphatic rings. The molecule has 0 spiro atoms. The Morgan fingerprint density at radius 1 is 1.04 bits per heavy atom. The number of methoxy groups -OCH3 is 1. The zero-order valence-corrected chi connectivity index (χ0v) is 14.8. The van der Waals surface area contributed by atoms with Gasteiger partial charge in [0.05, 0.1) is 7.11 Å². The summed E-state index contributed by atoms with van der Waals surface area (Å²) in [5.41, 5.74) is 6.07. The van der Waals surface area contributed by atoms with Crippen LogP contribution in [0.5, 0.6) is 11.5 Å². The van der Waals surface area contributed by atoms with Crippen LogP contribution < -0.4 is 20.3 Å². The first-order valence-corrected chi connectivity index (χ1v) is 7.91. The van der Waals surface area contributed by atoms with Crippen LogP contribution in [0.15, 0.2) is 46.9 Å². The summed E-state index contributed by atoms with van der Waals surface area (Å²) >= 11 is 3.29. The molecular weight excluding hydrogens is 376 g/mol. The van der Waals surface area contributed by atoms with Crippen molar-refractivity contribution in [1.29, 1.82) is 0 Å². The quantitative estimate of drug-likeness (QED) is 0.766. The molecular formula is C17H17BrN2O4. The number of halogens is 1. The Kier molecular flexibility index (Phi) is 6.20. The van der Waals surface area contributed by atoms with E-state index in [1.807, 2.05) is 19.1 Å². The highest BCUT2D eigenvalue weighted by Gasteiger charge is 2.10. The van der Waals surface area contributed by atoms with E-state index in [-0.39, 0.29) is 6.61 Å². The molecule has 0 aromatic heterocycles. The monoisotopic (exact) mass is 392 g/mol. The molecule has 0 saturated carbocycles. The number of hydrazine groups is 1. The molecule has 0 bridgehead atoms. The largest absolute Gasteiger partial charge is 0.493 e. The van der Waals surface area contributed by atoms with E-state index < -0.39 is 11.8 Å². The summed E-state index contributed by atoms with van der Waals surface area (Å²) < 4.78 is 11.5. The van der Waals surface area contributed by atoms with Crippen LogP contribution in [0.2, 0.25) is 0 Å². The zero-order chi connectivity index (χ0) is 17.5. The van der Waals surface area contributed by atoms with Crippen molar-refractivity contribution in [2.24, 2.45) is 0 Å². The molecule has 2 rings (SSSR count). The molecule has 0 saturated heterocycles. The first-order chi connectivity index (χ1) is 11.5. The van der Waals surface area contributed by atoms with Crippen molar-refractivity contribution in [3.8, 4) is 11.5 Å². The fourth-order valence-corrected chi connectivity index (χ4v) is 2.14. The third-order valence-electron chi connectivity index (χ3n) is 3.10. The molecule has 0 radical (unpaired) electrons. The highest BCUT2D eigenvalue weighted by molar-refractivity contribution is 9.10. The number of aryl methyl sites for hydroxylation is 1. The average Bonchev–Trinajstić information content (AvgIpc) is 2.59. The number of benzene rings is 2. The van der Waals surface area contributed by atoms with Crippen molar-refractivity contribution in [2.45, 2.75) is 6.92 Å². The fourth-order valence-electron chi connectivity index (χ4n) is 1.87. The van der Waals surface area contributed by atoms with Crippen LogP contribution in [0.4, 0.5) is 0 Å². The summed E-state index contributed by atoms with van der Waals surface area (Å²) in [5.74, 6) is 0.103. The molecule has 0 unspecified atom stereocenters. The Balaban J connectivity index is 1.83. The second kappa shape index (κ2) is 8.35. The minimum Gasteiger partial charge on any atom is -0.493 e. The Bertz CT molecular complexity index is 732. The Labute approximate surface area is 148 Å². The summed E-state index contributed by atoms with van der Waals surface area (Å²) in [7, 11) is 1.53. The molecule has 0 atom stereocenters. The zero-order valence-electron chi connectivity index (χ0n) is 13.3. The van der Waals surface area contributed by atoms with Gasteiger partial charge in [0.1, 0.15) is 0 Å². The van der Waals surface area contributed by atoms with Gasteiger partial charge in [0, 0.05) is 10.0 Å². The third kappa shape index (κ3) is 4.99. The van der Waals surface area contributed by atoms with Gasteiger partial charge in [-0.3, -0.25) is 20.4 Å². The maximum absolute atomic E-state index is 11.9. The summed E-state index contributed by atoms with van der Waals surface area (Å²) in [6.07, 6.45) is 0. The molecule has 0 aliphatic carbocycles. The van der Waals surface area contributed by atoms with E-state index in [1.165, 1.54) is 7.11 Å². The molecule has 2 aromatic rings. The lowest BCUT2D eigenvalue weighted by molar-refractivity contribution is -0.123. The van der Waals surface area contributed by atoms with E-state index in [4.69, 9.17) is 9.47 Å². The van der Waals surface area contributed by atoms with Crippen LogP contribution >= 0.6 is 15.9 Å². The number of hydrogen-bond donors (Lipinski definition) is 2. The second-order valence-corrected chi connectivity index (χ2v) is 5.87. The summed E-state index contributed by atoms with van der Waals surface area (Å²) in [6.45, 7) is 1.68. The SMILES string of the molecule is COc1cc(C)ccc1OCC(=O)NNC(=O)c1ccc(Br)cc1. The van der Waals surface area contributed by atoms with Gasteiger partial charge in [0.25, 0.3) is 11.8 Å². The van der Waals surface area contributed by atoms with Crippen LogP contribution in [0.25, 0.3) is 0 Å². The molecule has 24 heavy (non-hydrogen) atoms. The lowest BCUT2D eigenvalue weighted by Gasteiger charge is -2.12. The van der Waals surface area contributed by atoms with E-state index in [1.54, 1.807) is 30.3 Å². The van der Waals surface area contributed by atoms with E-state index >= 15 is 0 Å². The molecule has 6 nitrogen and oxygen atoms in total. The van der Waals surface area contributed by atoms with E-state index in [0.717, 1.165) is 10.0 Å². The average molecular weight is 393 g/mol. The molecule has 0 heterocycles. The van der Waals surface area contributed by atoms with Gasteiger partial charge in [0.2, 0.25) is 0 Å². The lowest BCUT2D eigenvalue weighted by atomic mass is 10.2. The van der Waals surface area contributed by atoms with Crippen LogP contribution in [-0.4, -0.2) is 25.5 Å². The number of ether oxygens (including phenoxy) is 2. The van der Waals surface area contributed by atoms with Gasteiger partial charge >= 0.3 is 0 Å². The molecule has 2 aromatic carbocycles. The Hall–Kier alpha value is -2.54. The maximum atomic E-state index is 11.9. The Morgan fingerprint density at radius 3 is 2.42 bits per heavy atom. The molecule has 2 N–H and O–H groups in total. The summed E-state index contributed by atoms with van der Waals surface area (Å²) in [4.78, 5) is 23.6. The minimum atomic E-state index is -0.483. The van der Waals surface area contributed by atoms with Gasteiger partial charge in [-0.05, 0) is 48.9 Å². The van der Waals surface area contributed by atoms with Crippen LogP contribution in [0.3, 0.4) is 0 Å². The van der Waals surface area contributed by atoms with E-state index in [0.29, 0.717) is 17.1 Å². The van der Waals surface area contributed by atoms with Crippen LogP contribution in [0, 0.1) is 6.92 Å². The normalized spacial score (nSPS) is 9.96. The first-order valence-electron chi connectivity index (χ1n) is 7.12. The number of carbonyl (C=O) groups is 2. The van der Waals surface area contributed by atoms with Gasteiger partial charge in [-0.15, -0.1) is 0 Å². The van der Waals surface area contributed by atoms with Gasteiger partial charge in [-0.1, -0.05) is 22.0 Å². The topological polar surface area (TPSA) is 76.7 Å². The highest BCUT2D eigenvalue weighted by atomic mass is 79.9. The number of nitrogens with one attached hydrogen (secondary N) is 2. The second-order valence-electron chi connectivity index (χ2n) is 4.95. The van der Waals surface area contributed by atoms with Crippen molar-refractivity contribution in [3.05, 3.63) is 58.1 Å². The van der Waals surface area contributed by atoms with Crippen LogP contribution in [0.1, 0.15) is 15.9 Å². The lowest BCUT2D eigenvalue weighted by Crippen LogP contribution is -2.43. The van der Waals surface area contributed by atoms with Gasteiger partial charge in [-0.25, -0.2) is 0 Å². The van der Waals surface area contributed by atoms with E-state index in [9.17, 15) is 9.59 Å². The summed E-state index contributed by atoms with van der Waals surface area (Å²) in [6, 6.07) is 12.1. The molecule has 0 aliphatic heterocycles. The molecule has 126 valence electrons. The number of hydrogen-bond acceptors (Lipinski definition) is 4. The molecule has 0 fully saturated rings. The number of rotatable bonds is 5. The van der Waals surface area contributed by atoms with Crippen molar-refractivity contribution in [2.75, 3.05) is 13.7 Å². The fraction of sp³-hybridized carbons (Fsp3) is 0.176. The summed E-state index contributed by atoms with van der Waals surface area (Å²) in [5, 5.41) is 0. The van der Waals surface area contributed by atoms with Gasteiger partial charge in [-0.2, -0.15) is 0 Å². The third-order valence-corrected chi connectivity index (χ3v) is 3.63. The van der Waals surface area contributed by atoms with Crippen molar-refractivity contribution < 1.29 is 19.1 Å². The number of amides is 2. The number of carbonyl (C=O) groups excluding carboxylic acids is 2. The smallest absolute Gasteiger partial charge is 0.276 e. The standard InChI is InChI=1S/C17H17BrN2O4/c1-11-3-8-14(15(9-11)23-2)24-10-16(21)19-20-17(22)12-4-6-13(18)7-5-12/h3-9H,10H2,1-2H3,(H,19,21)(H,20,22). The van der Waals surface area contributed by atoms with E-state index in [2.05, 4.69) is 26.8 Å². The maximum Gasteiger partial charge on any atom is 0.276 e. The van der Waals surface area contributed by atoms with Crippen LogP contribution in [-0.2, 0) is 4.79 Å². The van der Waals surface area contributed by atoms with Gasteiger partial charge in [0.15, 0.2) is 18.1 Å². The predicted molar refractivity (Wildman–Crippen MR) is 93.0 cm³/mol. The first kappa shape index (κ1) is 17.8. The highest BCUT2D eigenvalue weighted by Crippen LogP contribution is 2.27. The Morgan fingerprint density at radius 2 is 1.75 bits per heavy atom.